The highest BCUT2D eigenvalue weighted by Crippen LogP contribution is 2.42. The lowest BCUT2D eigenvalue weighted by molar-refractivity contribution is -0.144. The maximum absolute atomic E-state index is 15.8. The number of primary amides is 1. The number of nitrogens with two attached hydrogens (primary N) is 1. The molecular weight excluding hydrogens is 535 g/mol. The quantitative estimate of drug-likeness (QED) is 0.326. The number of hydrogen-bond donors (Lipinski definition) is 2. The van der Waals surface area contributed by atoms with E-state index in [0.29, 0.717) is 37.1 Å². The molecule has 12 heteroatoms. The summed E-state index contributed by atoms with van der Waals surface area (Å²) >= 11 is 0. The number of allylic oxidation sites excluding steroid dienone is 3. The number of carboxylic acids is 1. The number of rotatable bonds is 10. The van der Waals surface area contributed by atoms with Crippen molar-refractivity contribution in [3.05, 3.63) is 69.4 Å². The van der Waals surface area contributed by atoms with Gasteiger partial charge in [-0.1, -0.05) is 12.2 Å². The SMILES string of the molecule is C=C/C(=C\C1=C(C)CN(c2c(F)cc3c(=O)c(C(=O)O)cn4c3c2OCC4C)CCC1)N(C)C[C@@H](OC=O)C(N)=O. The van der Waals surface area contributed by atoms with Crippen LogP contribution in [0.5, 0.6) is 5.75 Å². The summed E-state index contributed by atoms with van der Waals surface area (Å²) in [5.41, 5.74) is 7.38. The first-order valence-electron chi connectivity index (χ1n) is 13.1. The minimum absolute atomic E-state index is 0.0371. The van der Waals surface area contributed by atoms with E-state index in [9.17, 15) is 24.3 Å². The maximum atomic E-state index is 15.8. The van der Waals surface area contributed by atoms with Crippen molar-refractivity contribution < 1.29 is 33.4 Å². The van der Waals surface area contributed by atoms with Crippen molar-refractivity contribution in [3.63, 3.8) is 0 Å². The molecule has 0 spiro atoms. The van der Waals surface area contributed by atoms with Gasteiger partial charge in [-0.15, -0.1) is 0 Å². The van der Waals surface area contributed by atoms with Gasteiger partial charge in [0, 0.05) is 32.0 Å². The Morgan fingerprint density at radius 1 is 1.41 bits per heavy atom. The number of hydrogen-bond acceptors (Lipinski definition) is 8. The number of benzene rings is 1. The molecule has 2 aromatic rings. The van der Waals surface area contributed by atoms with Crippen molar-refractivity contribution in [1.29, 1.82) is 0 Å². The molecule has 1 amide bonds. The third-order valence-electron chi connectivity index (χ3n) is 7.49. The summed E-state index contributed by atoms with van der Waals surface area (Å²) in [4.78, 5) is 50.6. The number of aromatic carboxylic acids is 1. The molecule has 218 valence electrons. The van der Waals surface area contributed by atoms with Crippen LogP contribution in [0.15, 0.2) is 52.6 Å². The van der Waals surface area contributed by atoms with E-state index >= 15 is 4.39 Å². The van der Waals surface area contributed by atoms with Gasteiger partial charge in [0.25, 0.3) is 12.4 Å². The fourth-order valence-electron chi connectivity index (χ4n) is 5.31. The molecule has 0 saturated heterocycles. The number of carbonyl (C=O) groups excluding carboxylic acids is 2. The summed E-state index contributed by atoms with van der Waals surface area (Å²) in [6.07, 6.45) is 5.07. The summed E-state index contributed by atoms with van der Waals surface area (Å²) in [6, 6.07) is 0.845. The number of carbonyl (C=O) groups is 3. The predicted octanol–water partition coefficient (Wildman–Crippen LogP) is 2.74. The second-order valence-corrected chi connectivity index (χ2v) is 10.3. The number of ether oxygens (including phenoxy) is 2. The zero-order valence-corrected chi connectivity index (χ0v) is 23.2. The minimum atomic E-state index is -1.37. The molecule has 2 atom stereocenters. The fourth-order valence-corrected chi connectivity index (χ4v) is 5.31. The lowest BCUT2D eigenvalue weighted by atomic mass is 10.0. The number of nitrogens with zero attached hydrogens (tertiary/aromatic N) is 3. The minimum Gasteiger partial charge on any atom is -0.487 e. The van der Waals surface area contributed by atoms with Crippen LogP contribution in [0.2, 0.25) is 0 Å². The van der Waals surface area contributed by atoms with Crippen LogP contribution in [0.4, 0.5) is 10.1 Å². The molecular formula is C29H33FN4O7. The average molecular weight is 569 g/mol. The van der Waals surface area contributed by atoms with Crippen LogP contribution in [0.25, 0.3) is 10.9 Å². The standard InChI is InChI=1S/C29H33FN4O7/c1-5-19(32(4)13-23(28(31)37)41-15-35)9-18-7-6-8-33(11-16(18)2)25-22(30)10-20-24-27(25)40-14-17(3)34(24)12-21(26(20)36)29(38)39/h5,9-10,12,15,17,23H,1,6-8,11,13-14H2,2-4H3,(H2,31,37)(H,38,39)/b19-9+/t17?,23-/m1/s1. The molecule has 3 heterocycles. The highest BCUT2D eigenvalue weighted by Gasteiger charge is 2.31. The van der Waals surface area contributed by atoms with Gasteiger partial charge in [-0.2, -0.15) is 0 Å². The molecule has 0 radical (unpaired) electrons. The number of halogens is 1. The highest BCUT2D eigenvalue weighted by atomic mass is 19.1. The first kappa shape index (κ1) is 29.4. The topological polar surface area (TPSA) is 144 Å². The lowest BCUT2D eigenvalue weighted by Gasteiger charge is -2.32. The summed E-state index contributed by atoms with van der Waals surface area (Å²) in [5, 5.41) is 9.49. The molecule has 41 heavy (non-hydrogen) atoms. The molecule has 0 aliphatic carbocycles. The van der Waals surface area contributed by atoms with E-state index in [2.05, 4.69) is 6.58 Å². The van der Waals surface area contributed by atoms with E-state index in [0.717, 1.165) is 17.2 Å². The molecule has 0 fully saturated rings. The van der Waals surface area contributed by atoms with Gasteiger partial charge in [0.1, 0.15) is 17.9 Å². The van der Waals surface area contributed by atoms with Crippen LogP contribution in [0, 0.1) is 5.82 Å². The zero-order chi connectivity index (χ0) is 30.0. The van der Waals surface area contributed by atoms with Crippen molar-refractivity contribution in [3.8, 4) is 5.75 Å². The normalized spacial score (nSPS) is 17.9. The van der Waals surface area contributed by atoms with Gasteiger partial charge in [-0.3, -0.25) is 14.4 Å². The number of pyridine rings is 1. The Bertz CT molecular complexity index is 1540. The van der Waals surface area contributed by atoms with Gasteiger partial charge in [-0.25, -0.2) is 9.18 Å². The maximum Gasteiger partial charge on any atom is 0.341 e. The number of likely N-dealkylation sites (N-methyl/N-ethyl adjacent to an activating group) is 1. The van der Waals surface area contributed by atoms with Crippen LogP contribution in [0.3, 0.4) is 0 Å². The fraction of sp³-hybridized carbons (Fsp3) is 0.379. The van der Waals surface area contributed by atoms with Crippen molar-refractivity contribution in [2.75, 3.05) is 38.2 Å². The average Bonchev–Trinajstić information content (AvgIpc) is 3.10. The van der Waals surface area contributed by atoms with Gasteiger partial charge in [0.2, 0.25) is 5.43 Å². The van der Waals surface area contributed by atoms with Crippen molar-refractivity contribution in [1.82, 2.24) is 9.47 Å². The predicted molar refractivity (Wildman–Crippen MR) is 151 cm³/mol. The number of aromatic nitrogens is 1. The Kier molecular flexibility index (Phi) is 8.50. The third-order valence-corrected chi connectivity index (χ3v) is 7.49. The van der Waals surface area contributed by atoms with E-state index in [1.165, 1.54) is 6.20 Å². The highest BCUT2D eigenvalue weighted by molar-refractivity contribution is 5.97. The van der Waals surface area contributed by atoms with Crippen LogP contribution >= 0.6 is 0 Å². The second-order valence-electron chi connectivity index (χ2n) is 10.3. The lowest BCUT2D eigenvalue weighted by Crippen LogP contribution is -2.40. The third kappa shape index (κ3) is 5.67. The first-order valence-corrected chi connectivity index (χ1v) is 13.1. The molecule has 1 aromatic carbocycles. The Labute approximate surface area is 235 Å². The van der Waals surface area contributed by atoms with Crippen molar-refractivity contribution in [2.45, 2.75) is 38.8 Å². The summed E-state index contributed by atoms with van der Waals surface area (Å²) in [6.45, 7) is 8.91. The molecule has 4 rings (SSSR count). The van der Waals surface area contributed by atoms with Gasteiger partial charge in [0.15, 0.2) is 17.7 Å². The van der Waals surface area contributed by atoms with Crippen molar-refractivity contribution in [2.24, 2.45) is 5.73 Å². The van der Waals surface area contributed by atoms with Crippen LogP contribution in [-0.2, 0) is 14.3 Å². The largest absolute Gasteiger partial charge is 0.487 e. The Morgan fingerprint density at radius 3 is 2.78 bits per heavy atom. The Balaban J connectivity index is 1.73. The van der Waals surface area contributed by atoms with E-state index in [-0.39, 0.29) is 42.5 Å². The molecule has 2 aliphatic heterocycles. The van der Waals surface area contributed by atoms with Gasteiger partial charge in [-0.05, 0) is 50.5 Å². The molecule has 2 aliphatic rings. The molecule has 0 bridgehead atoms. The number of anilines is 1. The van der Waals surface area contributed by atoms with Crippen LogP contribution in [-0.4, -0.2) is 72.3 Å². The monoisotopic (exact) mass is 568 g/mol. The summed E-state index contributed by atoms with van der Waals surface area (Å²) in [7, 11) is 1.72. The van der Waals surface area contributed by atoms with Gasteiger partial charge in [0.05, 0.1) is 23.5 Å². The molecule has 1 unspecified atom stereocenters. The zero-order valence-electron chi connectivity index (χ0n) is 23.2. The molecule has 1 aromatic heterocycles. The smallest absolute Gasteiger partial charge is 0.341 e. The Morgan fingerprint density at radius 2 is 2.15 bits per heavy atom. The number of carboxylic acid groups (broad SMARTS) is 1. The van der Waals surface area contributed by atoms with E-state index < -0.39 is 34.8 Å². The van der Waals surface area contributed by atoms with E-state index in [1.54, 1.807) is 22.6 Å². The van der Waals surface area contributed by atoms with E-state index in [1.807, 2.05) is 24.8 Å². The van der Waals surface area contributed by atoms with Gasteiger partial charge >= 0.3 is 5.97 Å². The van der Waals surface area contributed by atoms with E-state index in [4.69, 9.17) is 15.2 Å². The Hall–Kier alpha value is -4.61. The summed E-state index contributed by atoms with van der Waals surface area (Å²) < 4.78 is 28.2. The second kappa shape index (κ2) is 11.9. The summed E-state index contributed by atoms with van der Waals surface area (Å²) in [5.74, 6) is -2.59. The molecule has 11 nitrogen and oxygen atoms in total. The van der Waals surface area contributed by atoms with Gasteiger partial charge < -0.3 is 34.7 Å². The number of amides is 1. The van der Waals surface area contributed by atoms with Crippen LogP contribution < -0.4 is 20.8 Å². The van der Waals surface area contributed by atoms with Crippen molar-refractivity contribution >= 4 is 34.9 Å². The first-order chi connectivity index (χ1) is 19.5. The molecule has 3 N–H and O–H groups in total. The van der Waals surface area contributed by atoms with Crippen LogP contribution in [0.1, 0.15) is 43.1 Å². The molecule has 0 saturated carbocycles.